The van der Waals surface area contributed by atoms with Crippen LogP contribution in [0.1, 0.15) is 20.3 Å². The van der Waals surface area contributed by atoms with Crippen LogP contribution in [0.15, 0.2) is 53.7 Å². The Balaban J connectivity index is 1.78. The highest BCUT2D eigenvalue weighted by molar-refractivity contribution is 8.00. The Kier molecular flexibility index (Phi) is 6.59. The number of nitrogens with two attached hydrogens (primary N) is 1. The molecule has 146 valence electrons. The molecule has 8 heteroatoms. The molecule has 0 saturated carbocycles. The van der Waals surface area contributed by atoms with E-state index in [2.05, 4.69) is 15.5 Å². The summed E-state index contributed by atoms with van der Waals surface area (Å²) in [6, 6.07) is 14.6. The normalized spacial score (nSPS) is 12.0. The second-order valence-corrected chi connectivity index (χ2v) is 7.79. The minimum atomic E-state index is -0.288. The fraction of sp³-hybridized carbons (Fsp3) is 0.250. The van der Waals surface area contributed by atoms with Gasteiger partial charge in [-0.25, -0.2) is 0 Å². The number of nitrogens with one attached hydrogen (secondary N) is 1. The summed E-state index contributed by atoms with van der Waals surface area (Å²) in [5.74, 6) is 0.687. The number of aromatic nitrogens is 3. The smallest absolute Gasteiger partial charge is 0.237 e. The summed E-state index contributed by atoms with van der Waals surface area (Å²) in [5, 5.41) is 12.6. The Bertz CT molecular complexity index is 940. The molecular weight excluding hydrogens is 394 g/mol. The van der Waals surface area contributed by atoms with Crippen LogP contribution in [-0.2, 0) is 11.3 Å². The zero-order valence-electron chi connectivity index (χ0n) is 15.7. The lowest BCUT2D eigenvalue weighted by Crippen LogP contribution is -2.25. The molecule has 28 heavy (non-hydrogen) atoms. The average Bonchev–Trinajstić information content (AvgIpc) is 3.11. The SMILES string of the molecule is CC[C@H](Sc1nnc(-c2ccc(N)cc2)n1CC)C(=O)Nc1ccc(Cl)cc1. The fourth-order valence-corrected chi connectivity index (χ4v) is 3.86. The number of amides is 1. The zero-order valence-corrected chi connectivity index (χ0v) is 17.3. The van der Waals surface area contributed by atoms with Crippen LogP contribution in [0.3, 0.4) is 0 Å². The Morgan fingerprint density at radius 1 is 1.14 bits per heavy atom. The van der Waals surface area contributed by atoms with Crippen LogP contribution >= 0.6 is 23.4 Å². The quantitative estimate of drug-likeness (QED) is 0.431. The highest BCUT2D eigenvalue weighted by Crippen LogP contribution is 2.29. The van der Waals surface area contributed by atoms with Gasteiger partial charge in [0.05, 0.1) is 5.25 Å². The minimum absolute atomic E-state index is 0.0745. The number of nitrogen functional groups attached to an aromatic ring is 1. The topological polar surface area (TPSA) is 85.8 Å². The van der Waals surface area contributed by atoms with Crippen molar-refractivity contribution in [2.75, 3.05) is 11.1 Å². The van der Waals surface area contributed by atoms with Gasteiger partial charge in [0.15, 0.2) is 11.0 Å². The molecule has 1 atom stereocenters. The third kappa shape index (κ3) is 4.66. The first-order valence-electron chi connectivity index (χ1n) is 9.04. The van der Waals surface area contributed by atoms with Gasteiger partial charge in [0.25, 0.3) is 0 Å². The summed E-state index contributed by atoms with van der Waals surface area (Å²) in [6.07, 6.45) is 0.665. The molecule has 0 spiro atoms. The van der Waals surface area contributed by atoms with E-state index in [0.29, 0.717) is 34.5 Å². The van der Waals surface area contributed by atoms with E-state index in [1.54, 1.807) is 24.3 Å². The van der Waals surface area contributed by atoms with Gasteiger partial charge >= 0.3 is 0 Å². The van der Waals surface area contributed by atoms with E-state index in [9.17, 15) is 4.79 Å². The number of carbonyl (C=O) groups is 1. The van der Waals surface area contributed by atoms with Gasteiger partial charge in [0.2, 0.25) is 5.91 Å². The summed E-state index contributed by atoms with van der Waals surface area (Å²) in [6.45, 7) is 4.71. The van der Waals surface area contributed by atoms with E-state index in [1.165, 1.54) is 11.8 Å². The summed E-state index contributed by atoms with van der Waals surface area (Å²) >= 11 is 7.31. The molecule has 0 aliphatic carbocycles. The molecule has 1 heterocycles. The summed E-state index contributed by atoms with van der Waals surface area (Å²) < 4.78 is 2.01. The molecule has 0 aliphatic heterocycles. The van der Waals surface area contributed by atoms with Gasteiger partial charge < -0.3 is 15.6 Å². The van der Waals surface area contributed by atoms with Crippen LogP contribution in [0.25, 0.3) is 11.4 Å². The molecule has 0 aliphatic rings. The van der Waals surface area contributed by atoms with Crippen LogP contribution in [0.2, 0.25) is 5.02 Å². The predicted octanol–water partition coefficient (Wildman–Crippen LogP) is 4.71. The molecule has 0 unspecified atom stereocenters. The van der Waals surface area contributed by atoms with Crippen molar-refractivity contribution in [3.8, 4) is 11.4 Å². The molecule has 0 saturated heterocycles. The van der Waals surface area contributed by atoms with E-state index in [4.69, 9.17) is 17.3 Å². The standard InChI is InChI=1S/C20H22ClN5OS/c1-3-17(19(27)23-16-11-7-14(21)8-12-16)28-20-25-24-18(26(20)4-2)13-5-9-15(22)10-6-13/h5-12,17H,3-4,22H2,1-2H3,(H,23,27)/t17-/m0/s1. The largest absolute Gasteiger partial charge is 0.399 e. The molecular formula is C20H22ClN5OS. The number of carbonyl (C=O) groups excluding carboxylic acids is 1. The predicted molar refractivity (Wildman–Crippen MR) is 116 cm³/mol. The van der Waals surface area contributed by atoms with Crippen LogP contribution in [0, 0.1) is 0 Å². The van der Waals surface area contributed by atoms with Crippen molar-refractivity contribution >= 4 is 40.6 Å². The Morgan fingerprint density at radius 3 is 2.43 bits per heavy atom. The second kappa shape index (κ2) is 9.12. The van der Waals surface area contributed by atoms with Crippen molar-refractivity contribution in [1.82, 2.24) is 14.8 Å². The van der Waals surface area contributed by atoms with E-state index < -0.39 is 0 Å². The van der Waals surface area contributed by atoms with Crippen molar-refractivity contribution in [3.63, 3.8) is 0 Å². The number of thioether (sulfide) groups is 1. The maximum absolute atomic E-state index is 12.7. The van der Waals surface area contributed by atoms with Gasteiger partial charge in [-0.3, -0.25) is 4.79 Å². The monoisotopic (exact) mass is 415 g/mol. The summed E-state index contributed by atoms with van der Waals surface area (Å²) in [7, 11) is 0. The molecule has 3 rings (SSSR count). The molecule has 3 aromatic rings. The first-order valence-corrected chi connectivity index (χ1v) is 10.3. The van der Waals surface area contributed by atoms with Gasteiger partial charge in [-0.1, -0.05) is 30.3 Å². The highest BCUT2D eigenvalue weighted by Gasteiger charge is 2.22. The van der Waals surface area contributed by atoms with E-state index >= 15 is 0 Å². The molecule has 2 aromatic carbocycles. The van der Waals surface area contributed by atoms with Gasteiger partial charge in [-0.2, -0.15) is 0 Å². The van der Waals surface area contributed by atoms with Crippen LogP contribution in [-0.4, -0.2) is 25.9 Å². The summed E-state index contributed by atoms with van der Waals surface area (Å²) in [4.78, 5) is 12.7. The number of halogens is 1. The molecule has 0 fully saturated rings. The van der Waals surface area contributed by atoms with Crippen LogP contribution < -0.4 is 11.1 Å². The number of rotatable bonds is 7. The number of hydrogen-bond donors (Lipinski definition) is 2. The van der Waals surface area contributed by atoms with Gasteiger partial charge in [0, 0.05) is 28.5 Å². The number of benzene rings is 2. The molecule has 0 bridgehead atoms. The lowest BCUT2D eigenvalue weighted by Gasteiger charge is -2.15. The molecule has 3 N–H and O–H groups in total. The molecule has 6 nitrogen and oxygen atoms in total. The first-order chi connectivity index (χ1) is 13.5. The number of hydrogen-bond acceptors (Lipinski definition) is 5. The lowest BCUT2D eigenvalue weighted by atomic mass is 10.2. The van der Waals surface area contributed by atoms with E-state index in [-0.39, 0.29) is 11.2 Å². The second-order valence-electron chi connectivity index (χ2n) is 6.18. The third-order valence-corrected chi connectivity index (χ3v) is 5.82. The van der Waals surface area contributed by atoms with Crippen molar-refractivity contribution in [2.45, 2.75) is 37.2 Å². The number of nitrogens with zero attached hydrogens (tertiary/aromatic N) is 3. The van der Waals surface area contributed by atoms with E-state index in [1.807, 2.05) is 42.7 Å². The Labute approximate surface area is 173 Å². The third-order valence-electron chi connectivity index (χ3n) is 4.22. The minimum Gasteiger partial charge on any atom is -0.399 e. The highest BCUT2D eigenvalue weighted by atomic mass is 35.5. The molecule has 1 aromatic heterocycles. The van der Waals surface area contributed by atoms with Crippen LogP contribution in [0.5, 0.6) is 0 Å². The first kappa shape index (κ1) is 20.2. The van der Waals surface area contributed by atoms with Crippen molar-refractivity contribution < 1.29 is 4.79 Å². The van der Waals surface area contributed by atoms with Crippen molar-refractivity contribution in [1.29, 1.82) is 0 Å². The Morgan fingerprint density at radius 2 is 1.82 bits per heavy atom. The molecule has 0 radical (unpaired) electrons. The van der Waals surface area contributed by atoms with Gasteiger partial charge in [-0.05, 0) is 61.9 Å². The Hall–Kier alpha value is -2.51. The summed E-state index contributed by atoms with van der Waals surface area (Å²) in [5.41, 5.74) is 8.13. The average molecular weight is 416 g/mol. The maximum Gasteiger partial charge on any atom is 0.237 e. The van der Waals surface area contributed by atoms with Gasteiger partial charge in [-0.15, -0.1) is 10.2 Å². The lowest BCUT2D eigenvalue weighted by molar-refractivity contribution is -0.115. The van der Waals surface area contributed by atoms with E-state index in [0.717, 1.165) is 11.4 Å². The van der Waals surface area contributed by atoms with Crippen molar-refractivity contribution in [2.24, 2.45) is 0 Å². The number of anilines is 2. The molecule has 1 amide bonds. The zero-order chi connectivity index (χ0) is 20.1. The fourth-order valence-electron chi connectivity index (χ4n) is 2.71. The van der Waals surface area contributed by atoms with Crippen LogP contribution in [0.4, 0.5) is 11.4 Å². The van der Waals surface area contributed by atoms with Gasteiger partial charge in [0.1, 0.15) is 0 Å². The van der Waals surface area contributed by atoms with Crippen molar-refractivity contribution in [3.05, 3.63) is 53.6 Å². The maximum atomic E-state index is 12.7.